The fraction of sp³-hybridized carbons (Fsp3) is 0.364. The zero-order valence-corrected chi connectivity index (χ0v) is 16.9. The second-order valence-corrected chi connectivity index (χ2v) is 7.98. The Labute approximate surface area is 173 Å². The van der Waals surface area contributed by atoms with Crippen LogP contribution < -0.4 is 5.73 Å². The van der Waals surface area contributed by atoms with Crippen LogP contribution in [0.5, 0.6) is 0 Å². The zero-order chi connectivity index (χ0) is 21.4. The molecule has 4 rings (SSSR count). The van der Waals surface area contributed by atoms with E-state index in [0.29, 0.717) is 35.4 Å². The number of amides is 2. The number of likely N-dealkylation sites (tertiary alicyclic amines) is 1. The maximum absolute atomic E-state index is 13.6. The number of pyridine rings is 1. The number of carbonyl (C=O) groups is 2. The first-order valence-corrected chi connectivity index (χ1v) is 9.99. The molecule has 0 spiro atoms. The van der Waals surface area contributed by atoms with Crippen LogP contribution in [-0.4, -0.2) is 39.9 Å². The smallest absolute Gasteiger partial charge is 0.276 e. The zero-order valence-electron chi connectivity index (χ0n) is 16.9. The van der Waals surface area contributed by atoms with E-state index in [0.717, 1.165) is 12.8 Å². The van der Waals surface area contributed by atoms with Crippen LogP contribution in [0.25, 0.3) is 10.9 Å². The Kier molecular flexibility index (Phi) is 5.24. The van der Waals surface area contributed by atoms with Gasteiger partial charge in [-0.15, -0.1) is 0 Å². The van der Waals surface area contributed by atoms with Crippen molar-refractivity contribution in [2.45, 2.75) is 38.5 Å². The Balaban J connectivity index is 1.64. The highest BCUT2D eigenvalue weighted by Crippen LogP contribution is 2.31. The molecule has 7 nitrogen and oxygen atoms in total. The van der Waals surface area contributed by atoms with Crippen molar-refractivity contribution in [3.63, 3.8) is 0 Å². The number of piperidine rings is 1. The van der Waals surface area contributed by atoms with Gasteiger partial charge in [0.05, 0.1) is 16.8 Å². The minimum atomic E-state index is -0.620. The van der Waals surface area contributed by atoms with Crippen molar-refractivity contribution in [1.82, 2.24) is 15.0 Å². The first-order valence-electron chi connectivity index (χ1n) is 9.99. The summed E-state index contributed by atoms with van der Waals surface area (Å²) in [6.07, 6.45) is 1.52. The molecule has 0 radical (unpaired) electrons. The van der Waals surface area contributed by atoms with Crippen LogP contribution in [-0.2, 0) is 0 Å². The second kappa shape index (κ2) is 7.85. The average Bonchev–Trinajstić information content (AvgIpc) is 3.23. The van der Waals surface area contributed by atoms with Gasteiger partial charge in [-0.05, 0) is 37.1 Å². The summed E-state index contributed by atoms with van der Waals surface area (Å²) in [6.45, 7) is 4.91. The first kappa shape index (κ1) is 20.0. The molecule has 3 aromatic rings. The summed E-state index contributed by atoms with van der Waals surface area (Å²) >= 11 is 0. The summed E-state index contributed by atoms with van der Waals surface area (Å²) < 4.78 is 18.8. The molecule has 0 bridgehead atoms. The van der Waals surface area contributed by atoms with Crippen molar-refractivity contribution in [3.8, 4) is 0 Å². The Morgan fingerprint density at radius 2 is 2.07 bits per heavy atom. The lowest BCUT2D eigenvalue weighted by Gasteiger charge is -2.32. The van der Waals surface area contributed by atoms with Crippen LogP contribution in [0, 0.1) is 5.82 Å². The van der Waals surface area contributed by atoms with Gasteiger partial charge >= 0.3 is 0 Å². The number of primary amides is 1. The summed E-state index contributed by atoms with van der Waals surface area (Å²) in [5.41, 5.74) is 7.25. The molecule has 0 aliphatic carbocycles. The number of carbonyl (C=O) groups excluding carboxylic acids is 2. The minimum Gasteiger partial charge on any atom is -0.366 e. The van der Waals surface area contributed by atoms with E-state index in [1.165, 1.54) is 12.1 Å². The van der Waals surface area contributed by atoms with Crippen LogP contribution in [0.2, 0.25) is 0 Å². The van der Waals surface area contributed by atoms with Crippen LogP contribution in [0.1, 0.15) is 70.8 Å². The highest BCUT2D eigenvalue weighted by Gasteiger charge is 2.30. The van der Waals surface area contributed by atoms with Gasteiger partial charge in [-0.3, -0.25) is 14.6 Å². The lowest BCUT2D eigenvalue weighted by Crippen LogP contribution is -2.40. The molecule has 156 valence electrons. The van der Waals surface area contributed by atoms with E-state index in [-0.39, 0.29) is 29.0 Å². The normalized spacial score (nSPS) is 16.9. The monoisotopic (exact) mass is 410 g/mol. The first-order chi connectivity index (χ1) is 14.3. The summed E-state index contributed by atoms with van der Waals surface area (Å²) in [7, 11) is 0. The molecule has 1 saturated heterocycles. The second-order valence-electron chi connectivity index (χ2n) is 7.98. The Bertz CT molecular complexity index is 1120. The molecule has 1 atom stereocenters. The lowest BCUT2D eigenvalue weighted by molar-refractivity contribution is 0.0695. The number of fused-ring (bicyclic) bond motifs is 1. The van der Waals surface area contributed by atoms with Gasteiger partial charge in [0.2, 0.25) is 0 Å². The van der Waals surface area contributed by atoms with Gasteiger partial charge in [0, 0.05) is 36.4 Å². The van der Waals surface area contributed by atoms with E-state index in [1.54, 1.807) is 23.1 Å². The molecule has 1 aliphatic rings. The van der Waals surface area contributed by atoms with Crippen LogP contribution in [0.15, 0.2) is 34.9 Å². The maximum atomic E-state index is 13.6. The van der Waals surface area contributed by atoms with E-state index < -0.39 is 11.7 Å². The van der Waals surface area contributed by atoms with Crippen LogP contribution >= 0.6 is 0 Å². The molecule has 1 fully saturated rings. The molecule has 1 aromatic carbocycles. The van der Waals surface area contributed by atoms with E-state index in [2.05, 4.69) is 10.1 Å². The highest BCUT2D eigenvalue weighted by molar-refractivity contribution is 5.98. The topological polar surface area (TPSA) is 102 Å². The van der Waals surface area contributed by atoms with Gasteiger partial charge in [-0.25, -0.2) is 4.39 Å². The Hall–Kier alpha value is -3.29. The maximum Gasteiger partial charge on any atom is 0.276 e. The number of benzene rings is 1. The van der Waals surface area contributed by atoms with Gasteiger partial charge in [0.25, 0.3) is 11.8 Å². The number of nitrogens with zero attached hydrogens (tertiary/aromatic N) is 3. The summed E-state index contributed by atoms with van der Waals surface area (Å²) in [6, 6.07) is 7.49. The van der Waals surface area contributed by atoms with Crippen molar-refractivity contribution < 1.29 is 18.5 Å². The van der Waals surface area contributed by atoms with Gasteiger partial charge in [-0.1, -0.05) is 19.0 Å². The lowest BCUT2D eigenvalue weighted by atomic mass is 9.90. The van der Waals surface area contributed by atoms with Crippen molar-refractivity contribution >= 4 is 22.7 Å². The molecule has 1 aliphatic heterocycles. The summed E-state index contributed by atoms with van der Waals surface area (Å²) in [5, 5.41) is 4.43. The number of hydrogen-bond acceptors (Lipinski definition) is 5. The van der Waals surface area contributed by atoms with E-state index in [9.17, 15) is 14.0 Å². The fourth-order valence-electron chi connectivity index (χ4n) is 3.88. The van der Waals surface area contributed by atoms with E-state index in [4.69, 9.17) is 10.3 Å². The Morgan fingerprint density at radius 1 is 1.27 bits per heavy atom. The third-order valence-corrected chi connectivity index (χ3v) is 5.48. The minimum absolute atomic E-state index is 0.137. The molecule has 30 heavy (non-hydrogen) atoms. The number of nitrogens with two attached hydrogens (primary N) is 1. The standard InChI is InChI=1S/C22H23FN4O3/c1-12(2)19-10-18(26-30-19)22(29)27-7-3-4-13(11-27)20-16(21(24)28)9-14-8-15(23)5-6-17(14)25-20/h5-6,8-10,12-13H,3-4,7,11H2,1-2H3,(H2,24,28). The number of hydrogen-bond donors (Lipinski definition) is 1. The third kappa shape index (κ3) is 3.77. The molecule has 2 aromatic heterocycles. The molecule has 3 heterocycles. The van der Waals surface area contributed by atoms with E-state index in [1.807, 2.05) is 13.8 Å². The predicted molar refractivity (Wildman–Crippen MR) is 109 cm³/mol. The quantitative estimate of drug-likeness (QED) is 0.708. The van der Waals surface area contributed by atoms with Crippen LogP contribution in [0.4, 0.5) is 4.39 Å². The highest BCUT2D eigenvalue weighted by atomic mass is 19.1. The van der Waals surface area contributed by atoms with Crippen molar-refractivity contribution in [3.05, 3.63) is 58.9 Å². The SMILES string of the molecule is CC(C)c1cc(C(=O)N2CCCC(c3nc4ccc(F)cc4cc3C(N)=O)C2)no1. The number of aromatic nitrogens is 2. The van der Waals surface area contributed by atoms with Gasteiger partial charge in [0.15, 0.2) is 5.69 Å². The molecule has 2 amide bonds. The largest absolute Gasteiger partial charge is 0.366 e. The van der Waals surface area contributed by atoms with E-state index >= 15 is 0 Å². The Morgan fingerprint density at radius 3 is 2.77 bits per heavy atom. The van der Waals surface area contributed by atoms with Crippen LogP contribution in [0.3, 0.4) is 0 Å². The fourth-order valence-corrected chi connectivity index (χ4v) is 3.88. The summed E-state index contributed by atoms with van der Waals surface area (Å²) in [4.78, 5) is 31.3. The molecule has 0 saturated carbocycles. The third-order valence-electron chi connectivity index (χ3n) is 5.48. The number of rotatable bonds is 4. The van der Waals surface area contributed by atoms with Crippen molar-refractivity contribution in [1.29, 1.82) is 0 Å². The molecular weight excluding hydrogens is 387 g/mol. The number of halogens is 1. The predicted octanol–water partition coefficient (Wildman–Crippen LogP) is 3.60. The van der Waals surface area contributed by atoms with Gasteiger partial charge in [-0.2, -0.15) is 0 Å². The molecule has 2 N–H and O–H groups in total. The van der Waals surface area contributed by atoms with Gasteiger partial charge < -0.3 is 15.2 Å². The molecule has 8 heteroatoms. The van der Waals surface area contributed by atoms with Crippen molar-refractivity contribution in [2.75, 3.05) is 13.1 Å². The average molecular weight is 410 g/mol. The molecule has 1 unspecified atom stereocenters. The van der Waals surface area contributed by atoms with Gasteiger partial charge in [0.1, 0.15) is 11.6 Å². The molecular formula is C22H23FN4O3. The summed E-state index contributed by atoms with van der Waals surface area (Å²) in [5.74, 6) is -0.597. The van der Waals surface area contributed by atoms with Crippen molar-refractivity contribution in [2.24, 2.45) is 5.73 Å².